The summed E-state index contributed by atoms with van der Waals surface area (Å²) in [7, 11) is 0. The van der Waals surface area contributed by atoms with Crippen LogP contribution in [0.15, 0.2) is 65.3 Å². The van der Waals surface area contributed by atoms with Gasteiger partial charge in [0, 0.05) is 30.5 Å². The second kappa shape index (κ2) is 10.5. The number of aromatic nitrogens is 4. The van der Waals surface area contributed by atoms with Crippen molar-refractivity contribution in [2.24, 2.45) is 0 Å². The number of ether oxygens (including phenoxy) is 2. The third kappa shape index (κ3) is 5.74. The van der Waals surface area contributed by atoms with Crippen LogP contribution in [0.2, 0.25) is 0 Å². The highest BCUT2D eigenvalue weighted by molar-refractivity contribution is 5.65. The van der Waals surface area contributed by atoms with Crippen LogP contribution in [0.1, 0.15) is 49.3 Å². The molecule has 2 N–H and O–H groups in total. The number of hydrogen-bond acceptors (Lipinski definition) is 8. The molecule has 0 spiro atoms. The molecule has 1 aliphatic carbocycles. The van der Waals surface area contributed by atoms with Gasteiger partial charge in [0.05, 0.1) is 5.69 Å². The molecule has 2 aromatic heterocycles. The Hall–Kier alpha value is -4.47. The smallest absolute Gasteiger partial charge is 0.404 e. The highest BCUT2D eigenvalue weighted by Gasteiger charge is 2.32. The van der Waals surface area contributed by atoms with Gasteiger partial charge in [0.2, 0.25) is 5.82 Å². The Labute approximate surface area is 220 Å². The Morgan fingerprint density at radius 3 is 2.29 bits per heavy atom. The van der Waals surface area contributed by atoms with Gasteiger partial charge in [-0.2, -0.15) is 4.98 Å². The minimum absolute atomic E-state index is 0.0259. The van der Waals surface area contributed by atoms with Crippen molar-refractivity contribution in [1.82, 2.24) is 25.4 Å². The lowest BCUT2D eigenvalue weighted by Crippen LogP contribution is -2.48. The van der Waals surface area contributed by atoms with Crippen LogP contribution in [0, 0.1) is 6.92 Å². The van der Waals surface area contributed by atoms with E-state index in [1.165, 1.54) is 0 Å². The van der Waals surface area contributed by atoms with E-state index >= 15 is 0 Å². The topological polar surface area (TPSA) is 132 Å². The van der Waals surface area contributed by atoms with Crippen molar-refractivity contribution in [3.05, 3.63) is 83.4 Å². The quantitative estimate of drug-likeness (QED) is 0.319. The van der Waals surface area contributed by atoms with E-state index in [0.717, 1.165) is 22.6 Å². The van der Waals surface area contributed by atoms with Gasteiger partial charge in [-0.25, -0.2) is 14.8 Å². The zero-order valence-corrected chi connectivity index (χ0v) is 21.4. The average molecular weight is 516 g/mol. The van der Waals surface area contributed by atoms with Crippen LogP contribution in [-0.2, 0) is 12.0 Å². The van der Waals surface area contributed by atoms with E-state index in [9.17, 15) is 4.79 Å². The fourth-order valence-electron chi connectivity index (χ4n) is 4.36. The molecule has 5 rings (SSSR count). The number of hydrogen-bond donors (Lipinski definition) is 2. The number of rotatable bonds is 9. The Kier molecular flexibility index (Phi) is 6.95. The van der Waals surface area contributed by atoms with E-state index in [2.05, 4.69) is 63.5 Å². The van der Waals surface area contributed by atoms with Crippen molar-refractivity contribution in [2.45, 2.75) is 57.8 Å². The van der Waals surface area contributed by atoms with Crippen LogP contribution in [-0.4, -0.2) is 43.5 Å². The third-order valence-corrected chi connectivity index (χ3v) is 6.70. The molecular formula is C28H29N5O5. The van der Waals surface area contributed by atoms with Crippen LogP contribution in [0.3, 0.4) is 0 Å². The van der Waals surface area contributed by atoms with Gasteiger partial charge in [0.15, 0.2) is 5.82 Å². The first kappa shape index (κ1) is 25.2. The second-order valence-electron chi connectivity index (χ2n) is 9.84. The summed E-state index contributed by atoms with van der Waals surface area (Å²) >= 11 is 0. The molecule has 38 heavy (non-hydrogen) atoms. The fourth-order valence-corrected chi connectivity index (χ4v) is 4.36. The Morgan fingerprint density at radius 2 is 1.68 bits per heavy atom. The predicted octanol–water partition coefficient (Wildman–Crippen LogP) is 4.92. The molecule has 1 saturated carbocycles. The number of nitrogens with zero attached hydrogens (tertiary/aromatic N) is 4. The molecule has 0 atom stereocenters. The summed E-state index contributed by atoms with van der Waals surface area (Å²) in [5, 5.41) is 15.1. The molecule has 10 heteroatoms. The first-order valence-corrected chi connectivity index (χ1v) is 12.4. The monoisotopic (exact) mass is 515 g/mol. The zero-order chi connectivity index (χ0) is 26.7. The normalized spacial score (nSPS) is 16.9. The van der Waals surface area contributed by atoms with E-state index in [4.69, 9.17) is 19.1 Å². The lowest BCUT2D eigenvalue weighted by Gasteiger charge is -2.35. The first-order valence-electron chi connectivity index (χ1n) is 12.4. The highest BCUT2D eigenvalue weighted by atomic mass is 16.5. The molecular weight excluding hydrogens is 486 g/mol. The number of aryl methyl sites for hydroxylation is 1. The summed E-state index contributed by atoms with van der Waals surface area (Å²) in [6, 6.07) is 17.9. The molecule has 196 valence electrons. The molecule has 0 aliphatic heterocycles. The van der Waals surface area contributed by atoms with Crippen molar-refractivity contribution in [3.63, 3.8) is 0 Å². The van der Waals surface area contributed by atoms with Gasteiger partial charge in [-0.3, -0.25) is 0 Å². The minimum atomic E-state index is -0.990. The maximum Gasteiger partial charge on any atom is 0.404 e. The standard InChI is InChI=1S/C28H29N5O5/c1-17-30-26(38-33-17)25-29-13-12-20(31-25)16-36-22-8-4-18(5-9-22)28(2,3)19-6-10-23(11-7-19)37-24-14-21(15-24)32-27(34)35/h4-13,21,24,32H,14-16H2,1-3H3,(H,34,35). The molecule has 0 radical (unpaired) electrons. The minimum Gasteiger partial charge on any atom is -0.490 e. The number of nitrogens with one attached hydrogen (secondary N) is 1. The largest absolute Gasteiger partial charge is 0.490 e. The molecule has 2 aromatic carbocycles. The molecule has 2 heterocycles. The van der Waals surface area contributed by atoms with Crippen molar-refractivity contribution >= 4 is 6.09 Å². The SMILES string of the molecule is Cc1noc(-c2nccc(COc3ccc(C(C)(C)c4ccc(OC5CC(NC(=O)O)C5)cc4)cc3)n2)n1. The van der Waals surface area contributed by atoms with E-state index in [1.807, 2.05) is 24.3 Å². The number of carbonyl (C=O) groups is 1. The summed E-state index contributed by atoms with van der Waals surface area (Å²) in [5.74, 6) is 2.69. The van der Waals surface area contributed by atoms with Crippen LogP contribution in [0.5, 0.6) is 11.5 Å². The van der Waals surface area contributed by atoms with Gasteiger partial charge in [0.25, 0.3) is 5.89 Å². The van der Waals surface area contributed by atoms with Gasteiger partial charge >= 0.3 is 6.09 Å². The number of amides is 1. The average Bonchev–Trinajstić information content (AvgIpc) is 3.33. The van der Waals surface area contributed by atoms with Crippen LogP contribution in [0.25, 0.3) is 11.7 Å². The summed E-state index contributed by atoms with van der Waals surface area (Å²) in [4.78, 5) is 23.5. The zero-order valence-electron chi connectivity index (χ0n) is 21.4. The lowest BCUT2D eigenvalue weighted by atomic mass is 9.78. The van der Waals surface area contributed by atoms with E-state index in [1.54, 1.807) is 19.2 Å². The maximum atomic E-state index is 10.7. The molecule has 1 fully saturated rings. The van der Waals surface area contributed by atoms with E-state index in [-0.39, 0.29) is 30.1 Å². The lowest BCUT2D eigenvalue weighted by molar-refractivity contribution is 0.0833. The van der Waals surface area contributed by atoms with Crippen LogP contribution in [0.4, 0.5) is 4.79 Å². The third-order valence-electron chi connectivity index (χ3n) is 6.70. The van der Waals surface area contributed by atoms with E-state index < -0.39 is 6.09 Å². The predicted molar refractivity (Wildman–Crippen MR) is 138 cm³/mol. The van der Waals surface area contributed by atoms with Crippen molar-refractivity contribution < 1.29 is 23.9 Å². The Balaban J connectivity index is 1.17. The number of carboxylic acid groups (broad SMARTS) is 1. The van der Waals surface area contributed by atoms with Crippen molar-refractivity contribution in [2.75, 3.05) is 0 Å². The molecule has 1 amide bonds. The molecule has 1 aliphatic rings. The highest BCUT2D eigenvalue weighted by Crippen LogP contribution is 2.34. The second-order valence-corrected chi connectivity index (χ2v) is 9.84. The van der Waals surface area contributed by atoms with Gasteiger partial charge < -0.3 is 24.4 Å². The Bertz CT molecular complexity index is 1400. The van der Waals surface area contributed by atoms with E-state index in [0.29, 0.717) is 30.2 Å². The fraction of sp³-hybridized carbons (Fsp3) is 0.321. The van der Waals surface area contributed by atoms with Crippen molar-refractivity contribution in [1.29, 1.82) is 0 Å². The summed E-state index contributed by atoms with van der Waals surface area (Å²) in [5.41, 5.74) is 2.78. The van der Waals surface area contributed by atoms with Gasteiger partial charge in [0.1, 0.15) is 24.2 Å². The van der Waals surface area contributed by atoms with Crippen molar-refractivity contribution in [3.8, 4) is 23.2 Å². The first-order chi connectivity index (χ1) is 18.3. The van der Waals surface area contributed by atoms with Gasteiger partial charge in [-0.05, 0) is 48.4 Å². The summed E-state index contributed by atoms with van der Waals surface area (Å²) in [6.45, 7) is 6.37. The molecule has 4 aromatic rings. The van der Waals surface area contributed by atoms with Crippen LogP contribution < -0.4 is 14.8 Å². The molecule has 0 bridgehead atoms. The van der Waals surface area contributed by atoms with Crippen LogP contribution >= 0.6 is 0 Å². The summed E-state index contributed by atoms with van der Waals surface area (Å²) in [6.07, 6.45) is 2.06. The maximum absolute atomic E-state index is 10.7. The van der Waals surface area contributed by atoms with Gasteiger partial charge in [-0.15, -0.1) is 0 Å². The molecule has 10 nitrogen and oxygen atoms in total. The molecule has 0 unspecified atom stereocenters. The summed E-state index contributed by atoms with van der Waals surface area (Å²) < 4.78 is 17.1. The van der Waals surface area contributed by atoms with Gasteiger partial charge in [-0.1, -0.05) is 43.3 Å². The molecule has 0 saturated heterocycles. The Morgan fingerprint density at radius 1 is 1.03 bits per heavy atom. The number of benzene rings is 2.